The molecule has 0 spiro atoms. The highest BCUT2D eigenvalue weighted by Gasteiger charge is 2.84. The summed E-state index contributed by atoms with van der Waals surface area (Å²) in [4.78, 5) is 25.7. The molecule has 0 bridgehead atoms. The Hall–Kier alpha value is -3.24. The van der Waals surface area contributed by atoms with Gasteiger partial charge in [0.2, 0.25) is 0 Å². The van der Waals surface area contributed by atoms with Crippen molar-refractivity contribution in [3.8, 4) is 12.1 Å². The molecular formula is C28H26F8N4O2S2. The van der Waals surface area contributed by atoms with Crippen LogP contribution >= 0.6 is 22.7 Å². The molecule has 2 amide bonds. The van der Waals surface area contributed by atoms with E-state index < -0.39 is 45.5 Å². The van der Waals surface area contributed by atoms with Crippen LogP contribution in [0.4, 0.5) is 45.1 Å². The van der Waals surface area contributed by atoms with Gasteiger partial charge in [-0.05, 0) is 61.5 Å². The number of hydrogen-bond acceptors (Lipinski definition) is 6. The Balaban J connectivity index is 1.58. The number of nitriles is 2. The zero-order valence-electron chi connectivity index (χ0n) is 23.4. The van der Waals surface area contributed by atoms with Gasteiger partial charge in [0, 0.05) is 9.75 Å². The molecule has 2 aliphatic rings. The quantitative estimate of drug-likeness (QED) is 0.268. The molecule has 0 saturated carbocycles. The van der Waals surface area contributed by atoms with Gasteiger partial charge >= 0.3 is 35.5 Å². The van der Waals surface area contributed by atoms with E-state index in [-0.39, 0.29) is 23.0 Å². The smallest absolute Gasteiger partial charge is 0.311 e. The minimum absolute atomic E-state index is 0.172. The minimum atomic E-state index is -7.08. The SMILES string of the molecule is CCC1CCc2c(sc(NC(=O)C(F)(F)C(F)(F)C(F)(F)C(F)(F)C(=O)Nc3sc4c(c3C#N)CCC(CC)C4)c2C#N)C1. The number of amides is 2. The summed E-state index contributed by atoms with van der Waals surface area (Å²) in [5.74, 6) is -32.8. The Morgan fingerprint density at radius 2 is 1.07 bits per heavy atom. The lowest BCUT2D eigenvalue weighted by atomic mass is 9.86. The van der Waals surface area contributed by atoms with Gasteiger partial charge in [-0.3, -0.25) is 9.59 Å². The highest BCUT2D eigenvalue weighted by Crippen LogP contribution is 2.54. The molecule has 44 heavy (non-hydrogen) atoms. The largest absolute Gasteiger partial charge is 0.393 e. The zero-order valence-corrected chi connectivity index (χ0v) is 25.0. The third-order valence-corrected chi connectivity index (χ3v) is 10.7. The van der Waals surface area contributed by atoms with Crippen LogP contribution < -0.4 is 10.6 Å². The predicted octanol–water partition coefficient (Wildman–Crippen LogP) is 7.70. The Morgan fingerprint density at radius 1 is 0.727 bits per heavy atom. The van der Waals surface area contributed by atoms with Gasteiger partial charge in [0.1, 0.15) is 22.1 Å². The van der Waals surface area contributed by atoms with Crippen LogP contribution in [0.15, 0.2) is 0 Å². The van der Waals surface area contributed by atoms with Crippen LogP contribution in [0, 0.1) is 34.5 Å². The maximum Gasteiger partial charge on any atom is 0.393 e. The fourth-order valence-corrected chi connectivity index (χ4v) is 8.08. The summed E-state index contributed by atoms with van der Waals surface area (Å²) in [6, 6.07) is 3.36. The first-order valence-electron chi connectivity index (χ1n) is 13.7. The third-order valence-electron chi connectivity index (χ3n) is 8.32. The van der Waals surface area contributed by atoms with Crippen LogP contribution in [-0.4, -0.2) is 35.5 Å². The molecule has 0 saturated heterocycles. The van der Waals surface area contributed by atoms with Gasteiger partial charge in [-0.1, -0.05) is 26.7 Å². The van der Waals surface area contributed by atoms with Crippen molar-refractivity contribution in [3.63, 3.8) is 0 Å². The van der Waals surface area contributed by atoms with E-state index in [2.05, 4.69) is 0 Å². The summed E-state index contributed by atoms with van der Waals surface area (Å²) in [6.45, 7) is 3.79. The Labute approximate surface area is 255 Å². The number of carbonyl (C=O) groups excluding carboxylic acids is 2. The fourth-order valence-electron chi connectivity index (χ4n) is 5.46. The highest BCUT2D eigenvalue weighted by atomic mass is 32.1. The number of halogens is 8. The summed E-state index contributed by atoms with van der Waals surface area (Å²) in [7, 11) is 0. The van der Waals surface area contributed by atoms with Gasteiger partial charge in [-0.2, -0.15) is 45.6 Å². The van der Waals surface area contributed by atoms with Crippen molar-refractivity contribution in [2.75, 3.05) is 10.6 Å². The lowest BCUT2D eigenvalue weighted by Gasteiger charge is -2.35. The number of rotatable bonds is 9. The molecule has 4 rings (SSSR count). The topological polar surface area (TPSA) is 106 Å². The van der Waals surface area contributed by atoms with Crippen LogP contribution in [0.3, 0.4) is 0 Å². The summed E-state index contributed by atoms with van der Waals surface area (Å²) in [5.41, 5.74) is 0.193. The van der Waals surface area contributed by atoms with Crippen LogP contribution in [0.2, 0.25) is 0 Å². The van der Waals surface area contributed by atoms with E-state index in [1.54, 1.807) is 12.1 Å². The first-order valence-corrected chi connectivity index (χ1v) is 15.3. The molecule has 0 aliphatic heterocycles. The van der Waals surface area contributed by atoms with Gasteiger partial charge in [-0.25, -0.2) is 0 Å². The summed E-state index contributed by atoms with van der Waals surface area (Å²) in [6.07, 6.45) is 4.22. The molecule has 2 unspecified atom stereocenters. The maximum absolute atomic E-state index is 14.8. The molecule has 2 aromatic heterocycles. The van der Waals surface area contributed by atoms with Crippen LogP contribution in [-0.2, 0) is 35.3 Å². The number of fused-ring (bicyclic) bond motifs is 2. The number of carbonyl (C=O) groups is 2. The average Bonchev–Trinajstić information content (AvgIpc) is 3.51. The number of alkyl halides is 8. The first-order chi connectivity index (χ1) is 20.5. The Bertz CT molecular complexity index is 1440. The maximum atomic E-state index is 14.8. The summed E-state index contributed by atoms with van der Waals surface area (Å²) in [5, 5.41) is 20.5. The standard InChI is InChI=1S/C28H26F8N4O2S2/c1-3-13-5-7-15-17(11-37)21(43-19(15)9-13)39-23(41)25(29,30)27(33,34)28(35,36)26(31,32)24(42)40-22-18(12-38)16-8-6-14(4-2)10-20(16)44-22/h13-14H,3-10H2,1-2H3,(H,39,41)(H,40,42). The Morgan fingerprint density at radius 3 is 1.36 bits per heavy atom. The molecule has 0 radical (unpaired) electrons. The summed E-state index contributed by atoms with van der Waals surface area (Å²) < 4.78 is 118. The van der Waals surface area contributed by atoms with Crippen molar-refractivity contribution in [1.82, 2.24) is 0 Å². The monoisotopic (exact) mass is 666 g/mol. The van der Waals surface area contributed by atoms with Gasteiger partial charge in [0.05, 0.1) is 11.1 Å². The van der Waals surface area contributed by atoms with Crippen LogP contribution in [0.25, 0.3) is 0 Å². The lowest BCUT2D eigenvalue weighted by molar-refractivity contribution is -0.345. The lowest BCUT2D eigenvalue weighted by Crippen LogP contribution is -2.67. The van der Waals surface area contributed by atoms with Gasteiger partial charge in [-0.15, -0.1) is 22.7 Å². The molecule has 6 nitrogen and oxygen atoms in total. The molecule has 0 fully saturated rings. The summed E-state index contributed by atoms with van der Waals surface area (Å²) >= 11 is 1.28. The second-order valence-corrected chi connectivity index (χ2v) is 13.1. The van der Waals surface area contributed by atoms with Crippen molar-refractivity contribution in [2.45, 2.75) is 88.9 Å². The minimum Gasteiger partial charge on any atom is -0.311 e. The molecule has 238 valence electrons. The first kappa shape index (κ1) is 33.6. The van der Waals surface area contributed by atoms with Crippen LogP contribution in [0.5, 0.6) is 0 Å². The second kappa shape index (κ2) is 11.9. The number of nitrogens with one attached hydrogen (secondary N) is 2. The van der Waals surface area contributed by atoms with E-state index in [0.29, 0.717) is 82.1 Å². The van der Waals surface area contributed by atoms with Crippen molar-refractivity contribution in [2.24, 2.45) is 11.8 Å². The average molecular weight is 667 g/mol. The van der Waals surface area contributed by atoms with Crippen molar-refractivity contribution >= 4 is 44.5 Å². The van der Waals surface area contributed by atoms with Crippen LogP contribution in [0.1, 0.15) is 71.5 Å². The van der Waals surface area contributed by atoms with Crippen molar-refractivity contribution < 1.29 is 44.7 Å². The van der Waals surface area contributed by atoms with E-state index in [1.807, 2.05) is 13.8 Å². The van der Waals surface area contributed by atoms with Gasteiger partial charge in [0.25, 0.3) is 0 Å². The number of thiophene rings is 2. The predicted molar refractivity (Wildman–Crippen MR) is 147 cm³/mol. The van der Waals surface area contributed by atoms with Gasteiger partial charge < -0.3 is 10.6 Å². The van der Waals surface area contributed by atoms with E-state index in [9.17, 15) is 55.2 Å². The molecule has 16 heteroatoms. The van der Waals surface area contributed by atoms with E-state index >= 15 is 0 Å². The molecule has 2 atom stereocenters. The van der Waals surface area contributed by atoms with E-state index in [0.717, 1.165) is 12.8 Å². The molecular weight excluding hydrogens is 640 g/mol. The molecule has 0 aromatic carbocycles. The second-order valence-electron chi connectivity index (χ2n) is 10.9. The molecule has 2 N–H and O–H groups in total. The highest BCUT2D eigenvalue weighted by molar-refractivity contribution is 7.17. The van der Waals surface area contributed by atoms with Crippen molar-refractivity contribution in [1.29, 1.82) is 10.5 Å². The number of nitrogens with zero attached hydrogens (tertiary/aromatic N) is 2. The number of anilines is 2. The number of hydrogen-bond donors (Lipinski definition) is 2. The van der Waals surface area contributed by atoms with Gasteiger partial charge in [0.15, 0.2) is 0 Å². The third kappa shape index (κ3) is 5.34. The van der Waals surface area contributed by atoms with E-state index in [1.165, 1.54) is 10.6 Å². The molecule has 2 heterocycles. The van der Waals surface area contributed by atoms with E-state index in [4.69, 9.17) is 0 Å². The van der Waals surface area contributed by atoms with Crippen molar-refractivity contribution in [3.05, 3.63) is 32.0 Å². The normalized spacial score (nSPS) is 18.9. The molecule has 2 aromatic rings. The zero-order chi connectivity index (χ0) is 32.8. The molecule has 2 aliphatic carbocycles. The fraction of sp³-hybridized carbons (Fsp3) is 0.571. The Kier molecular flexibility index (Phi) is 9.12.